The van der Waals surface area contributed by atoms with Crippen LogP contribution in [-0.2, 0) is 0 Å². The number of aromatic nitrogens is 1. The van der Waals surface area contributed by atoms with Crippen molar-refractivity contribution in [3.8, 4) is 11.8 Å². The van der Waals surface area contributed by atoms with E-state index in [0.717, 1.165) is 22.6 Å². The Morgan fingerprint density at radius 1 is 1.22 bits per heavy atom. The summed E-state index contributed by atoms with van der Waals surface area (Å²) in [5.41, 5.74) is 5.06. The summed E-state index contributed by atoms with van der Waals surface area (Å²) in [6.07, 6.45) is 0.437. The first-order valence-electron chi connectivity index (χ1n) is 7.78. The van der Waals surface area contributed by atoms with E-state index < -0.39 is 0 Å². The van der Waals surface area contributed by atoms with Gasteiger partial charge < -0.3 is 4.57 Å². The third kappa shape index (κ3) is 3.88. The number of likely N-dealkylation sites (N-methyl/N-ethyl adjacent to an activating group) is 1. The van der Waals surface area contributed by atoms with Crippen LogP contribution in [0.5, 0.6) is 0 Å². The molecule has 0 unspecified atom stereocenters. The van der Waals surface area contributed by atoms with Gasteiger partial charge in [0.1, 0.15) is 0 Å². The van der Waals surface area contributed by atoms with Crippen LogP contribution in [0.1, 0.15) is 33.7 Å². The molecular formula is C19H23N3O. The molecule has 0 bridgehead atoms. The zero-order valence-electron chi connectivity index (χ0n) is 14.3. The van der Waals surface area contributed by atoms with Crippen molar-refractivity contribution in [1.82, 2.24) is 9.47 Å². The fourth-order valence-corrected chi connectivity index (χ4v) is 2.79. The lowest BCUT2D eigenvalue weighted by atomic mass is 10.1. The highest BCUT2D eigenvalue weighted by atomic mass is 16.1. The van der Waals surface area contributed by atoms with E-state index in [1.54, 1.807) is 0 Å². The Balaban J connectivity index is 2.25. The number of benzene rings is 1. The van der Waals surface area contributed by atoms with Gasteiger partial charge in [-0.2, -0.15) is 5.26 Å². The molecule has 23 heavy (non-hydrogen) atoms. The van der Waals surface area contributed by atoms with E-state index in [9.17, 15) is 4.79 Å². The van der Waals surface area contributed by atoms with E-state index in [-0.39, 0.29) is 5.78 Å². The van der Waals surface area contributed by atoms with Gasteiger partial charge in [-0.3, -0.25) is 9.69 Å². The van der Waals surface area contributed by atoms with E-state index in [4.69, 9.17) is 5.26 Å². The number of nitriles is 1. The van der Waals surface area contributed by atoms with Crippen LogP contribution in [-0.4, -0.2) is 35.4 Å². The Morgan fingerprint density at radius 2 is 1.87 bits per heavy atom. The molecule has 1 aromatic heterocycles. The Labute approximate surface area is 138 Å². The number of nitrogens with zero attached hydrogens (tertiary/aromatic N) is 3. The molecule has 0 radical (unpaired) electrons. The van der Waals surface area contributed by atoms with Crippen LogP contribution in [0.3, 0.4) is 0 Å². The molecule has 0 N–H and O–H groups in total. The quantitative estimate of drug-likeness (QED) is 0.768. The zero-order chi connectivity index (χ0) is 17.0. The summed E-state index contributed by atoms with van der Waals surface area (Å²) in [6.45, 7) is 7.00. The molecule has 120 valence electrons. The molecule has 2 aromatic rings. The van der Waals surface area contributed by atoms with Crippen LogP contribution >= 0.6 is 0 Å². The molecule has 0 saturated heterocycles. The zero-order valence-corrected chi connectivity index (χ0v) is 14.3. The summed E-state index contributed by atoms with van der Waals surface area (Å²) < 4.78 is 2.11. The van der Waals surface area contributed by atoms with Crippen molar-refractivity contribution in [2.24, 2.45) is 0 Å². The molecule has 0 aliphatic heterocycles. The van der Waals surface area contributed by atoms with Gasteiger partial charge in [-0.15, -0.1) is 0 Å². The van der Waals surface area contributed by atoms with Crippen molar-refractivity contribution in [2.45, 2.75) is 27.2 Å². The van der Waals surface area contributed by atoms with Crippen LogP contribution < -0.4 is 0 Å². The largest absolute Gasteiger partial charge is 0.318 e. The maximum Gasteiger partial charge on any atom is 0.178 e. The maximum atomic E-state index is 12.6. The van der Waals surface area contributed by atoms with Gasteiger partial charge in [-0.05, 0) is 46.0 Å². The second-order valence-corrected chi connectivity index (χ2v) is 6.02. The molecular weight excluding hydrogens is 286 g/mol. The number of rotatable bonds is 6. The molecule has 0 fully saturated rings. The average molecular weight is 309 g/mol. The average Bonchev–Trinajstić information content (AvgIpc) is 2.81. The molecule has 4 heteroatoms. The van der Waals surface area contributed by atoms with Gasteiger partial charge in [0.15, 0.2) is 5.78 Å². The summed E-state index contributed by atoms with van der Waals surface area (Å²) in [6, 6.07) is 12.4. The van der Waals surface area contributed by atoms with Gasteiger partial charge in [0.25, 0.3) is 0 Å². The van der Waals surface area contributed by atoms with Gasteiger partial charge in [0.2, 0.25) is 0 Å². The third-order valence-corrected chi connectivity index (χ3v) is 4.04. The summed E-state index contributed by atoms with van der Waals surface area (Å²) in [5, 5.41) is 8.63. The number of hydrogen-bond donors (Lipinski definition) is 0. The first kappa shape index (κ1) is 17.0. The van der Waals surface area contributed by atoms with Crippen molar-refractivity contribution in [3.05, 3.63) is 52.8 Å². The molecule has 0 amide bonds. The first-order valence-corrected chi connectivity index (χ1v) is 7.78. The lowest BCUT2D eigenvalue weighted by molar-refractivity contribution is 0.0947. The lowest BCUT2D eigenvalue weighted by Crippen LogP contribution is -2.27. The highest BCUT2D eigenvalue weighted by Gasteiger charge is 2.17. The normalized spacial score (nSPS) is 10.8. The van der Waals surface area contributed by atoms with Crippen LogP contribution in [0.15, 0.2) is 30.3 Å². The minimum Gasteiger partial charge on any atom is -0.318 e. The first-order chi connectivity index (χ1) is 10.9. The maximum absolute atomic E-state index is 12.6. The minimum atomic E-state index is 0.0944. The van der Waals surface area contributed by atoms with Gasteiger partial charge in [0.05, 0.1) is 12.6 Å². The summed E-state index contributed by atoms with van der Waals surface area (Å²) in [5.74, 6) is 0.0944. The Hall–Kier alpha value is -2.38. The molecule has 0 saturated carbocycles. The van der Waals surface area contributed by atoms with Gasteiger partial charge in [-0.1, -0.05) is 17.7 Å². The van der Waals surface area contributed by atoms with E-state index in [0.29, 0.717) is 19.5 Å². The smallest absolute Gasteiger partial charge is 0.178 e. The highest BCUT2D eigenvalue weighted by molar-refractivity contribution is 5.99. The molecule has 1 heterocycles. The molecule has 0 spiro atoms. The highest BCUT2D eigenvalue weighted by Crippen LogP contribution is 2.21. The van der Waals surface area contributed by atoms with Crippen molar-refractivity contribution in [1.29, 1.82) is 5.26 Å². The Morgan fingerprint density at radius 3 is 2.48 bits per heavy atom. The van der Waals surface area contributed by atoms with Crippen LogP contribution in [0.2, 0.25) is 0 Å². The minimum absolute atomic E-state index is 0.0944. The van der Waals surface area contributed by atoms with Crippen molar-refractivity contribution in [3.63, 3.8) is 0 Å². The monoisotopic (exact) mass is 309 g/mol. The number of hydrogen-bond acceptors (Lipinski definition) is 3. The fraction of sp³-hybridized carbons (Fsp3) is 0.368. The topological polar surface area (TPSA) is 49.0 Å². The fourth-order valence-electron chi connectivity index (χ4n) is 2.79. The second kappa shape index (κ2) is 7.26. The summed E-state index contributed by atoms with van der Waals surface area (Å²) in [4.78, 5) is 14.4. The molecule has 4 nitrogen and oxygen atoms in total. The second-order valence-electron chi connectivity index (χ2n) is 6.02. The lowest BCUT2D eigenvalue weighted by Gasteiger charge is -2.14. The van der Waals surface area contributed by atoms with E-state index in [1.165, 1.54) is 5.56 Å². The van der Waals surface area contributed by atoms with Crippen molar-refractivity contribution < 1.29 is 4.79 Å². The van der Waals surface area contributed by atoms with E-state index in [1.807, 2.05) is 31.9 Å². The van der Waals surface area contributed by atoms with Crippen molar-refractivity contribution >= 4 is 5.78 Å². The SMILES string of the molecule is Cc1ccc(-n2c(C)cc(C(=O)CN(C)CCC#N)c2C)cc1. The third-order valence-electron chi connectivity index (χ3n) is 4.04. The van der Waals surface area contributed by atoms with Crippen LogP contribution in [0, 0.1) is 32.1 Å². The molecule has 2 rings (SSSR count). The van der Waals surface area contributed by atoms with Gasteiger partial charge in [0, 0.05) is 35.6 Å². The number of Topliss-reactive ketones (excluding diaryl/α,β-unsaturated/α-hetero) is 1. The standard InChI is InChI=1S/C19H23N3O/c1-14-6-8-17(9-7-14)22-15(2)12-18(16(22)3)19(23)13-21(4)11-5-10-20/h6-9,12H,5,11,13H2,1-4H3. The van der Waals surface area contributed by atoms with Crippen LogP contribution in [0.25, 0.3) is 5.69 Å². The Bertz CT molecular complexity index is 735. The molecule has 0 aliphatic carbocycles. The number of carbonyl (C=O) groups excluding carboxylic acids is 1. The van der Waals surface area contributed by atoms with E-state index >= 15 is 0 Å². The summed E-state index contributed by atoms with van der Waals surface area (Å²) in [7, 11) is 1.87. The summed E-state index contributed by atoms with van der Waals surface area (Å²) >= 11 is 0. The number of carbonyl (C=O) groups is 1. The predicted octanol–water partition coefficient (Wildman–Crippen LogP) is 3.43. The number of aryl methyl sites for hydroxylation is 2. The molecule has 1 aromatic carbocycles. The van der Waals surface area contributed by atoms with Crippen molar-refractivity contribution in [2.75, 3.05) is 20.1 Å². The Kier molecular flexibility index (Phi) is 5.36. The van der Waals surface area contributed by atoms with Gasteiger partial charge >= 0.3 is 0 Å². The predicted molar refractivity (Wildman–Crippen MR) is 92.0 cm³/mol. The molecule has 0 atom stereocenters. The van der Waals surface area contributed by atoms with E-state index in [2.05, 4.69) is 41.8 Å². The van der Waals surface area contributed by atoms with Crippen LogP contribution in [0.4, 0.5) is 0 Å². The molecule has 0 aliphatic rings. The number of ketones is 1. The van der Waals surface area contributed by atoms with Gasteiger partial charge in [-0.25, -0.2) is 0 Å².